The fourth-order valence-corrected chi connectivity index (χ4v) is 5.10. The first-order chi connectivity index (χ1) is 16.0. The normalized spacial score (nSPS) is 14.0. The average molecular weight is 437 g/mol. The molecule has 4 aromatic rings. The van der Waals surface area contributed by atoms with Crippen molar-refractivity contribution in [2.75, 3.05) is 18.0 Å². The van der Waals surface area contributed by atoms with Crippen LogP contribution in [0.15, 0.2) is 78.9 Å². The molecule has 0 radical (unpaired) electrons. The number of nitrogens with zero attached hydrogens (tertiary/aromatic N) is 3. The van der Waals surface area contributed by atoms with Gasteiger partial charge < -0.3 is 4.57 Å². The molecule has 168 valence electrons. The van der Waals surface area contributed by atoms with E-state index in [1.54, 1.807) is 0 Å². The molecule has 0 spiro atoms. The van der Waals surface area contributed by atoms with Gasteiger partial charge in [-0.25, -0.2) is 4.90 Å². The molecule has 3 nitrogen and oxygen atoms in total. The number of hydrogen-bond donors (Lipinski definition) is 0. The monoisotopic (exact) mass is 436 g/mol. The van der Waals surface area contributed by atoms with Gasteiger partial charge >= 0.3 is 0 Å². The summed E-state index contributed by atoms with van der Waals surface area (Å²) in [5.74, 6) is 1.00. The Bertz CT molecular complexity index is 1270. The van der Waals surface area contributed by atoms with Crippen molar-refractivity contribution in [1.82, 2.24) is 4.57 Å². The maximum absolute atomic E-state index is 2.49. The van der Waals surface area contributed by atoms with Crippen LogP contribution in [0.1, 0.15) is 56.4 Å². The molecule has 0 bridgehead atoms. The average Bonchev–Trinajstić information content (AvgIpc) is 3.43. The van der Waals surface area contributed by atoms with Crippen molar-refractivity contribution in [2.45, 2.75) is 46.1 Å². The van der Waals surface area contributed by atoms with E-state index in [4.69, 9.17) is 0 Å². The smallest absolute Gasteiger partial charge is 0.239 e. The standard InChI is InChI=1S/C30H34N3/c1-22(2)27-14-10-15-28(23(3)4)30(27)32-18-17-31(21-32)20-26-19-24-11-8-9-16-29(24)33(26)25-12-6-5-7-13-25/h5-16,19,21-23H,17-18,20H2,1-4H3/q+1. The van der Waals surface area contributed by atoms with E-state index in [-0.39, 0.29) is 0 Å². The third-order valence-electron chi connectivity index (χ3n) is 6.73. The molecule has 2 heterocycles. The van der Waals surface area contributed by atoms with Gasteiger partial charge in [-0.3, -0.25) is 4.58 Å². The van der Waals surface area contributed by atoms with Crippen LogP contribution in [0.2, 0.25) is 0 Å². The van der Waals surface area contributed by atoms with Crippen LogP contribution in [-0.4, -0.2) is 28.6 Å². The Morgan fingerprint density at radius 3 is 2.15 bits per heavy atom. The number of anilines is 1. The number of hydrogen-bond acceptors (Lipinski definition) is 1. The number of aromatic nitrogens is 1. The lowest BCUT2D eigenvalue weighted by atomic mass is 9.92. The van der Waals surface area contributed by atoms with Gasteiger partial charge in [0.15, 0.2) is 0 Å². The van der Waals surface area contributed by atoms with Crippen molar-refractivity contribution in [1.29, 1.82) is 0 Å². The van der Waals surface area contributed by atoms with Gasteiger partial charge in [-0.2, -0.15) is 0 Å². The van der Waals surface area contributed by atoms with Crippen molar-refractivity contribution >= 4 is 22.9 Å². The molecule has 1 aliphatic rings. The Morgan fingerprint density at radius 2 is 1.45 bits per heavy atom. The number of fused-ring (bicyclic) bond motifs is 1. The van der Waals surface area contributed by atoms with Gasteiger partial charge in [0.2, 0.25) is 6.34 Å². The van der Waals surface area contributed by atoms with Gasteiger partial charge in [0, 0.05) is 22.2 Å². The van der Waals surface area contributed by atoms with Crippen LogP contribution >= 0.6 is 0 Å². The molecule has 0 atom stereocenters. The lowest BCUT2D eigenvalue weighted by Gasteiger charge is -2.20. The van der Waals surface area contributed by atoms with E-state index >= 15 is 0 Å². The third-order valence-corrected chi connectivity index (χ3v) is 6.73. The second kappa shape index (κ2) is 8.90. The van der Waals surface area contributed by atoms with Crippen LogP contribution in [0.25, 0.3) is 16.6 Å². The van der Waals surface area contributed by atoms with Crippen molar-refractivity contribution in [3.8, 4) is 5.69 Å². The summed E-state index contributed by atoms with van der Waals surface area (Å²) < 4.78 is 4.88. The lowest BCUT2D eigenvalue weighted by molar-refractivity contribution is -0.530. The summed E-state index contributed by atoms with van der Waals surface area (Å²) in [5.41, 5.74) is 8.10. The van der Waals surface area contributed by atoms with Crippen LogP contribution < -0.4 is 4.90 Å². The highest BCUT2D eigenvalue weighted by atomic mass is 15.3. The van der Waals surface area contributed by atoms with E-state index in [1.807, 2.05) is 0 Å². The van der Waals surface area contributed by atoms with Crippen LogP contribution in [0.5, 0.6) is 0 Å². The summed E-state index contributed by atoms with van der Waals surface area (Å²) in [6.45, 7) is 12.1. The predicted molar refractivity (Wildman–Crippen MR) is 140 cm³/mol. The van der Waals surface area contributed by atoms with E-state index in [1.165, 1.54) is 39.1 Å². The minimum absolute atomic E-state index is 0.502. The Morgan fingerprint density at radius 1 is 0.788 bits per heavy atom. The molecular weight excluding hydrogens is 402 g/mol. The molecule has 1 aromatic heterocycles. The summed E-state index contributed by atoms with van der Waals surface area (Å²) in [5, 5.41) is 1.29. The Balaban J connectivity index is 1.54. The summed E-state index contributed by atoms with van der Waals surface area (Å²) in [6.07, 6.45) is 2.35. The second-order valence-corrected chi connectivity index (χ2v) is 9.74. The molecule has 1 aliphatic heterocycles. The van der Waals surface area contributed by atoms with Gasteiger partial charge in [0.25, 0.3) is 0 Å². The predicted octanol–water partition coefficient (Wildman–Crippen LogP) is 6.94. The van der Waals surface area contributed by atoms with Crippen LogP contribution in [0.3, 0.4) is 0 Å². The quantitative estimate of drug-likeness (QED) is 0.298. The van der Waals surface area contributed by atoms with Crippen LogP contribution in [0, 0.1) is 0 Å². The molecule has 0 unspecified atom stereocenters. The van der Waals surface area contributed by atoms with E-state index in [0.717, 1.165) is 19.6 Å². The molecule has 3 heteroatoms. The molecule has 0 saturated heterocycles. The molecule has 0 amide bonds. The Hall–Kier alpha value is -3.33. The first kappa shape index (κ1) is 21.5. The first-order valence-corrected chi connectivity index (χ1v) is 12.2. The molecule has 0 saturated carbocycles. The minimum Gasteiger partial charge on any atom is -0.310 e. The van der Waals surface area contributed by atoms with Gasteiger partial charge in [-0.1, -0.05) is 82.3 Å². The number of rotatable bonds is 6. The van der Waals surface area contributed by atoms with Gasteiger partial charge in [-0.05, 0) is 36.1 Å². The zero-order valence-electron chi connectivity index (χ0n) is 20.2. The highest BCUT2D eigenvalue weighted by Crippen LogP contribution is 2.35. The maximum atomic E-state index is 2.49. The van der Waals surface area contributed by atoms with E-state index in [2.05, 4.69) is 127 Å². The van der Waals surface area contributed by atoms with E-state index in [9.17, 15) is 0 Å². The van der Waals surface area contributed by atoms with Gasteiger partial charge in [0.05, 0.1) is 11.2 Å². The van der Waals surface area contributed by atoms with Gasteiger partial charge in [0.1, 0.15) is 25.3 Å². The van der Waals surface area contributed by atoms with Crippen molar-refractivity contribution in [3.05, 3.63) is 95.7 Å². The fourth-order valence-electron chi connectivity index (χ4n) is 5.10. The fraction of sp³-hybridized carbons (Fsp3) is 0.300. The summed E-state index contributed by atoms with van der Waals surface area (Å²) in [7, 11) is 0. The largest absolute Gasteiger partial charge is 0.310 e. The number of benzene rings is 3. The summed E-state index contributed by atoms with van der Waals surface area (Å²) >= 11 is 0. The Kier molecular flexibility index (Phi) is 5.80. The van der Waals surface area contributed by atoms with Crippen LogP contribution in [0.4, 0.5) is 5.69 Å². The molecule has 5 rings (SSSR count). The molecule has 0 fully saturated rings. The SMILES string of the molecule is CC(C)c1cccc(C(C)C)c1N1C=[N+](Cc2cc3ccccc3n2-c2ccccc2)CC1. The van der Waals surface area contributed by atoms with Crippen molar-refractivity contribution in [2.24, 2.45) is 0 Å². The Labute approximate surface area is 197 Å². The zero-order valence-corrected chi connectivity index (χ0v) is 20.2. The topological polar surface area (TPSA) is 11.2 Å². The molecule has 0 aliphatic carbocycles. The molecule has 33 heavy (non-hydrogen) atoms. The highest BCUT2D eigenvalue weighted by molar-refractivity contribution is 5.84. The maximum Gasteiger partial charge on any atom is 0.239 e. The first-order valence-electron chi connectivity index (χ1n) is 12.2. The third kappa shape index (κ3) is 4.08. The minimum atomic E-state index is 0.502. The summed E-state index contributed by atoms with van der Waals surface area (Å²) in [4.78, 5) is 2.49. The van der Waals surface area contributed by atoms with Gasteiger partial charge in [-0.15, -0.1) is 0 Å². The lowest BCUT2D eigenvalue weighted by Crippen LogP contribution is -2.22. The van der Waals surface area contributed by atoms with E-state index in [0.29, 0.717) is 11.8 Å². The molecule has 0 N–H and O–H groups in total. The summed E-state index contributed by atoms with van der Waals surface area (Å²) in [6, 6.07) is 28.6. The zero-order chi connectivity index (χ0) is 22.9. The molecular formula is C30H34N3+. The van der Waals surface area contributed by atoms with E-state index < -0.39 is 0 Å². The van der Waals surface area contributed by atoms with Crippen molar-refractivity contribution in [3.63, 3.8) is 0 Å². The number of para-hydroxylation sites is 3. The highest BCUT2D eigenvalue weighted by Gasteiger charge is 2.28. The second-order valence-electron chi connectivity index (χ2n) is 9.74. The van der Waals surface area contributed by atoms with Crippen molar-refractivity contribution < 1.29 is 4.58 Å². The van der Waals surface area contributed by atoms with Crippen LogP contribution in [-0.2, 0) is 6.54 Å². The molecule has 3 aromatic carbocycles.